The second-order valence-corrected chi connectivity index (χ2v) is 3.20. The molecule has 1 saturated carbocycles. The largest absolute Gasteiger partial charge is 0.378 e. The van der Waals surface area contributed by atoms with Gasteiger partial charge in [0, 0.05) is 7.11 Å². The zero-order valence-corrected chi connectivity index (χ0v) is 6.54. The van der Waals surface area contributed by atoms with Crippen LogP contribution in [0.1, 0.15) is 19.3 Å². The van der Waals surface area contributed by atoms with Gasteiger partial charge in [0.25, 0.3) is 0 Å². The Kier molecular flexibility index (Phi) is 1.41. The summed E-state index contributed by atoms with van der Waals surface area (Å²) in [7, 11) is 1.69. The van der Waals surface area contributed by atoms with Gasteiger partial charge in [-0.3, -0.25) is 0 Å². The Balaban J connectivity index is 2.10. The molecule has 1 spiro atoms. The van der Waals surface area contributed by atoms with Crippen LogP contribution in [0.25, 0.3) is 0 Å². The van der Waals surface area contributed by atoms with Crippen molar-refractivity contribution in [3.05, 3.63) is 0 Å². The Morgan fingerprint density at radius 3 is 3.09 bits per heavy atom. The van der Waals surface area contributed by atoms with Crippen molar-refractivity contribution in [3.63, 3.8) is 0 Å². The summed E-state index contributed by atoms with van der Waals surface area (Å²) in [4.78, 5) is 0. The van der Waals surface area contributed by atoms with Gasteiger partial charge in [-0.05, 0) is 19.3 Å². The van der Waals surface area contributed by atoms with Gasteiger partial charge in [0.05, 0.1) is 12.2 Å². The molecule has 0 aromatic rings. The molecular formula is C8H11NO2. The van der Waals surface area contributed by atoms with Crippen LogP contribution in [-0.2, 0) is 9.47 Å². The van der Waals surface area contributed by atoms with Crippen molar-refractivity contribution in [1.82, 2.24) is 0 Å². The number of rotatable bonds is 1. The van der Waals surface area contributed by atoms with E-state index >= 15 is 0 Å². The summed E-state index contributed by atoms with van der Waals surface area (Å²) in [5.41, 5.74) is -0.205. The van der Waals surface area contributed by atoms with E-state index in [2.05, 4.69) is 6.07 Å². The third kappa shape index (κ3) is 0.800. The molecule has 3 atom stereocenters. The lowest BCUT2D eigenvalue weighted by Crippen LogP contribution is -2.27. The molecule has 3 heteroatoms. The van der Waals surface area contributed by atoms with Crippen LogP contribution < -0.4 is 0 Å². The predicted molar refractivity (Wildman–Crippen MR) is 37.9 cm³/mol. The maximum absolute atomic E-state index is 8.61. The van der Waals surface area contributed by atoms with E-state index in [0.29, 0.717) is 0 Å². The molecule has 1 aliphatic carbocycles. The smallest absolute Gasteiger partial charge is 0.176 e. The lowest BCUT2D eigenvalue weighted by Gasteiger charge is -2.12. The van der Waals surface area contributed by atoms with Gasteiger partial charge < -0.3 is 9.47 Å². The molecule has 11 heavy (non-hydrogen) atoms. The highest BCUT2D eigenvalue weighted by Crippen LogP contribution is 2.50. The Labute approximate surface area is 65.9 Å². The highest BCUT2D eigenvalue weighted by atomic mass is 16.6. The van der Waals surface area contributed by atoms with E-state index in [0.717, 1.165) is 19.3 Å². The number of hydrogen-bond donors (Lipinski definition) is 0. The zero-order chi connectivity index (χ0) is 7.90. The maximum atomic E-state index is 8.61. The SMILES string of the molecule is COC1CCCC12OC2C#N. The van der Waals surface area contributed by atoms with Gasteiger partial charge in [0.1, 0.15) is 5.60 Å². The fourth-order valence-corrected chi connectivity index (χ4v) is 2.04. The number of epoxide rings is 1. The number of ether oxygens (including phenoxy) is 2. The van der Waals surface area contributed by atoms with E-state index in [1.807, 2.05) is 0 Å². The van der Waals surface area contributed by atoms with Crippen molar-refractivity contribution < 1.29 is 9.47 Å². The molecule has 2 fully saturated rings. The molecule has 0 aromatic carbocycles. The van der Waals surface area contributed by atoms with Crippen LogP contribution in [0.5, 0.6) is 0 Å². The second-order valence-electron chi connectivity index (χ2n) is 3.20. The van der Waals surface area contributed by atoms with Crippen LogP contribution in [0.15, 0.2) is 0 Å². The van der Waals surface area contributed by atoms with Crippen molar-refractivity contribution >= 4 is 0 Å². The normalized spacial score (nSPS) is 47.6. The number of hydrogen-bond acceptors (Lipinski definition) is 3. The average Bonchev–Trinajstić information content (AvgIpc) is 2.55. The van der Waals surface area contributed by atoms with Crippen molar-refractivity contribution in [1.29, 1.82) is 5.26 Å². The molecule has 1 saturated heterocycles. The zero-order valence-electron chi connectivity index (χ0n) is 6.54. The van der Waals surface area contributed by atoms with Gasteiger partial charge in [0.15, 0.2) is 6.10 Å². The molecule has 60 valence electrons. The molecule has 2 aliphatic rings. The summed E-state index contributed by atoms with van der Waals surface area (Å²) in [6.07, 6.45) is 3.11. The Morgan fingerprint density at radius 2 is 2.55 bits per heavy atom. The molecule has 2 rings (SSSR count). The van der Waals surface area contributed by atoms with E-state index in [-0.39, 0.29) is 17.8 Å². The first-order chi connectivity index (χ1) is 5.33. The number of nitrogens with zero attached hydrogens (tertiary/aromatic N) is 1. The van der Waals surface area contributed by atoms with Gasteiger partial charge >= 0.3 is 0 Å². The van der Waals surface area contributed by atoms with Crippen LogP contribution in [-0.4, -0.2) is 24.9 Å². The Hall–Kier alpha value is -0.590. The van der Waals surface area contributed by atoms with Gasteiger partial charge in [-0.15, -0.1) is 0 Å². The van der Waals surface area contributed by atoms with E-state index in [9.17, 15) is 0 Å². The summed E-state index contributed by atoms with van der Waals surface area (Å²) in [5, 5.41) is 8.61. The van der Waals surface area contributed by atoms with Gasteiger partial charge in [-0.25, -0.2) is 0 Å². The van der Waals surface area contributed by atoms with Gasteiger partial charge in [-0.2, -0.15) is 5.26 Å². The molecular weight excluding hydrogens is 142 g/mol. The van der Waals surface area contributed by atoms with Crippen LogP contribution in [0.4, 0.5) is 0 Å². The van der Waals surface area contributed by atoms with Crippen LogP contribution in [0.2, 0.25) is 0 Å². The monoisotopic (exact) mass is 153 g/mol. The fraction of sp³-hybridized carbons (Fsp3) is 0.875. The number of methoxy groups -OCH3 is 1. The third-order valence-corrected chi connectivity index (χ3v) is 2.70. The third-order valence-electron chi connectivity index (χ3n) is 2.70. The summed E-state index contributed by atoms with van der Waals surface area (Å²) in [6.45, 7) is 0. The molecule has 0 radical (unpaired) electrons. The highest BCUT2D eigenvalue weighted by Gasteiger charge is 2.64. The fourth-order valence-electron chi connectivity index (χ4n) is 2.04. The Morgan fingerprint density at radius 1 is 1.73 bits per heavy atom. The summed E-state index contributed by atoms with van der Waals surface area (Å²) < 4.78 is 10.6. The predicted octanol–water partition coefficient (Wildman–Crippen LogP) is 0.846. The van der Waals surface area contributed by atoms with Crippen LogP contribution >= 0.6 is 0 Å². The molecule has 3 unspecified atom stereocenters. The number of nitriles is 1. The molecule has 0 N–H and O–H groups in total. The van der Waals surface area contributed by atoms with Crippen molar-refractivity contribution in [3.8, 4) is 6.07 Å². The lowest BCUT2D eigenvalue weighted by molar-refractivity contribution is 0.0504. The molecule has 1 aliphatic heterocycles. The molecule has 3 nitrogen and oxygen atoms in total. The van der Waals surface area contributed by atoms with Crippen molar-refractivity contribution in [2.24, 2.45) is 0 Å². The molecule has 0 bridgehead atoms. The first kappa shape index (κ1) is 7.08. The quantitative estimate of drug-likeness (QED) is 0.524. The first-order valence-corrected chi connectivity index (χ1v) is 3.94. The average molecular weight is 153 g/mol. The minimum absolute atomic E-state index is 0.159. The molecule has 0 aromatic heterocycles. The standard InChI is InChI=1S/C8H11NO2/c1-10-6-3-2-4-8(6)7(5-9)11-8/h6-7H,2-4H2,1H3. The van der Waals surface area contributed by atoms with Gasteiger partial charge in [0.2, 0.25) is 0 Å². The summed E-state index contributed by atoms with van der Waals surface area (Å²) in [5.74, 6) is 0. The summed E-state index contributed by atoms with van der Waals surface area (Å²) in [6, 6.07) is 2.13. The topological polar surface area (TPSA) is 45.5 Å². The second kappa shape index (κ2) is 2.20. The van der Waals surface area contributed by atoms with Crippen molar-refractivity contribution in [2.45, 2.75) is 37.1 Å². The summed E-state index contributed by atoms with van der Waals surface area (Å²) >= 11 is 0. The van der Waals surface area contributed by atoms with E-state index in [1.165, 1.54) is 0 Å². The lowest BCUT2D eigenvalue weighted by atomic mass is 10.0. The molecule has 1 heterocycles. The van der Waals surface area contributed by atoms with Gasteiger partial charge in [-0.1, -0.05) is 0 Å². The minimum atomic E-state index is -0.205. The van der Waals surface area contributed by atoms with Crippen molar-refractivity contribution in [2.75, 3.05) is 7.11 Å². The minimum Gasteiger partial charge on any atom is -0.378 e. The highest BCUT2D eigenvalue weighted by molar-refractivity contribution is 5.19. The van der Waals surface area contributed by atoms with E-state index in [4.69, 9.17) is 14.7 Å². The van der Waals surface area contributed by atoms with Crippen LogP contribution in [0.3, 0.4) is 0 Å². The Bertz CT molecular complexity index is 211. The van der Waals surface area contributed by atoms with E-state index in [1.54, 1.807) is 7.11 Å². The first-order valence-electron chi connectivity index (χ1n) is 3.94. The van der Waals surface area contributed by atoms with E-state index < -0.39 is 0 Å². The molecule has 0 amide bonds. The maximum Gasteiger partial charge on any atom is 0.176 e. The van der Waals surface area contributed by atoms with Crippen LogP contribution in [0, 0.1) is 11.3 Å².